The summed E-state index contributed by atoms with van der Waals surface area (Å²) < 4.78 is 19.2. The van der Waals surface area contributed by atoms with Gasteiger partial charge in [-0.2, -0.15) is 0 Å². The van der Waals surface area contributed by atoms with Crippen LogP contribution in [0.25, 0.3) is 0 Å². The van der Waals surface area contributed by atoms with E-state index in [1.807, 2.05) is 30.3 Å². The van der Waals surface area contributed by atoms with Crippen LogP contribution in [0.1, 0.15) is 17.2 Å². The van der Waals surface area contributed by atoms with Crippen LogP contribution in [-0.2, 0) is 14.2 Å². The molecule has 2 aromatic carbocycles. The fourth-order valence-electron chi connectivity index (χ4n) is 1.95. The molecule has 120 valence electrons. The minimum Gasteiger partial charge on any atom is -0.438 e. The highest BCUT2D eigenvalue weighted by Crippen LogP contribution is 2.28. The average Bonchev–Trinajstić information content (AvgIpc) is 2.61. The van der Waals surface area contributed by atoms with Crippen molar-refractivity contribution in [2.24, 2.45) is 0 Å². The van der Waals surface area contributed by atoms with Crippen molar-refractivity contribution in [1.82, 2.24) is 0 Å². The van der Waals surface area contributed by atoms with Gasteiger partial charge < -0.3 is 18.9 Å². The van der Waals surface area contributed by atoms with Crippen molar-refractivity contribution in [1.29, 1.82) is 0 Å². The molecule has 0 heterocycles. The summed E-state index contributed by atoms with van der Waals surface area (Å²) in [4.78, 5) is 22.6. The number of methoxy groups -OCH3 is 2. The van der Waals surface area contributed by atoms with Crippen molar-refractivity contribution < 1.29 is 28.5 Å². The molecule has 23 heavy (non-hydrogen) atoms. The molecular formula is C17H16O6. The lowest BCUT2D eigenvalue weighted by Crippen LogP contribution is -2.13. The van der Waals surface area contributed by atoms with Gasteiger partial charge in [0, 0.05) is 0 Å². The molecule has 1 atom stereocenters. The number of hydrogen-bond donors (Lipinski definition) is 0. The van der Waals surface area contributed by atoms with Crippen LogP contribution < -0.4 is 4.74 Å². The highest BCUT2D eigenvalue weighted by molar-refractivity contribution is 5.63. The van der Waals surface area contributed by atoms with Crippen LogP contribution in [0.2, 0.25) is 0 Å². The molecule has 0 fully saturated rings. The predicted molar refractivity (Wildman–Crippen MR) is 81.3 cm³/mol. The van der Waals surface area contributed by atoms with Crippen LogP contribution >= 0.6 is 0 Å². The summed E-state index contributed by atoms with van der Waals surface area (Å²) >= 11 is 0. The first-order valence-corrected chi connectivity index (χ1v) is 6.79. The Labute approximate surface area is 133 Å². The second-order valence-corrected chi connectivity index (χ2v) is 4.49. The van der Waals surface area contributed by atoms with Gasteiger partial charge in [-0.25, -0.2) is 9.59 Å². The average molecular weight is 316 g/mol. The molecule has 0 amide bonds. The molecule has 0 saturated heterocycles. The number of ether oxygens (including phenoxy) is 4. The number of carbonyl (C=O) groups is 2. The van der Waals surface area contributed by atoms with E-state index in [1.165, 1.54) is 14.2 Å². The predicted octanol–water partition coefficient (Wildman–Crippen LogP) is 3.70. The first kappa shape index (κ1) is 16.4. The van der Waals surface area contributed by atoms with Crippen LogP contribution in [0.4, 0.5) is 9.59 Å². The number of rotatable bonds is 4. The van der Waals surface area contributed by atoms with Gasteiger partial charge in [0.2, 0.25) is 0 Å². The van der Waals surface area contributed by atoms with Crippen LogP contribution in [0.5, 0.6) is 5.75 Å². The van der Waals surface area contributed by atoms with E-state index in [0.717, 1.165) is 5.56 Å². The molecule has 0 saturated carbocycles. The van der Waals surface area contributed by atoms with E-state index in [4.69, 9.17) is 9.47 Å². The molecule has 0 aromatic heterocycles. The minimum absolute atomic E-state index is 0.325. The topological polar surface area (TPSA) is 71.1 Å². The lowest BCUT2D eigenvalue weighted by molar-refractivity contribution is 0.0498. The Hall–Kier alpha value is -3.02. The molecule has 2 aromatic rings. The normalized spacial score (nSPS) is 11.2. The van der Waals surface area contributed by atoms with Gasteiger partial charge >= 0.3 is 12.3 Å². The third-order valence-electron chi connectivity index (χ3n) is 3.03. The molecule has 0 bridgehead atoms. The number of carbonyl (C=O) groups excluding carboxylic acids is 2. The molecule has 0 aliphatic carbocycles. The van der Waals surface area contributed by atoms with Crippen LogP contribution in [0.15, 0.2) is 54.6 Å². The monoisotopic (exact) mass is 316 g/mol. The van der Waals surface area contributed by atoms with E-state index in [2.05, 4.69) is 9.47 Å². The van der Waals surface area contributed by atoms with Crippen molar-refractivity contribution in [2.45, 2.75) is 6.10 Å². The summed E-state index contributed by atoms with van der Waals surface area (Å²) in [6.07, 6.45) is -2.22. The van der Waals surface area contributed by atoms with E-state index in [0.29, 0.717) is 11.3 Å². The van der Waals surface area contributed by atoms with Crippen LogP contribution in [0.3, 0.4) is 0 Å². The molecule has 0 spiro atoms. The minimum atomic E-state index is -0.803. The first-order valence-electron chi connectivity index (χ1n) is 6.79. The zero-order chi connectivity index (χ0) is 16.7. The van der Waals surface area contributed by atoms with Crippen LogP contribution in [0, 0.1) is 0 Å². The zero-order valence-corrected chi connectivity index (χ0v) is 12.7. The van der Waals surface area contributed by atoms with E-state index >= 15 is 0 Å². The Morgan fingerprint density at radius 3 is 1.91 bits per heavy atom. The fraction of sp³-hybridized carbons (Fsp3) is 0.176. The Morgan fingerprint density at radius 2 is 1.35 bits per heavy atom. The second-order valence-electron chi connectivity index (χ2n) is 4.49. The van der Waals surface area contributed by atoms with Gasteiger partial charge in [0.25, 0.3) is 0 Å². The molecule has 6 nitrogen and oxygen atoms in total. The number of hydrogen-bond acceptors (Lipinski definition) is 6. The summed E-state index contributed by atoms with van der Waals surface area (Å²) in [5.41, 5.74) is 1.50. The van der Waals surface area contributed by atoms with Gasteiger partial charge in [0.15, 0.2) is 6.10 Å². The van der Waals surface area contributed by atoms with Gasteiger partial charge in [0.1, 0.15) is 5.75 Å². The van der Waals surface area contributed by atoms with Gasteiger partial charge in [-0.05, 0) is 23.3 Å². The zero-order valence-electron chi connectivity index (χ0n) is 12.7. The fourth-order valence-corrected chi connectivity index (χ4v) is 1.95. The molecule has 0 aliphatic rings. The van der Waals surface area contributed by atoms with Gasteiger partial charge in [-0.15, -0.1) is 0 Å². The summed E-state index contributed by atoms with van der Waals surface area (Å²) in [6.45, 7) is 0. The van der Waals surface area contributed by atoms with Gasteiger partial charge in [-0.1, -0.05) is 42.5 Å². The van der Waals surface area contributed by atoms with Crippen molar-refractivity contribution in [2.75, 3.05) is 14.2 Å². The molecule has 6 heteroatoms. The Balaban J connectivity index is 2.25. The number of benzene rings is 2. The van der Waals surface area contributed by atoms with E-state index in [9.17, 15) is 9.59 Å². The summed E-state index contributed by atoms with van der Waals surface area (Å²) in [5.74, 6) is 0.325. The van der Waals surface area contributed by atoms with E-state index in [-0.39, 0.29) is 0 Å². The van der Waals surface area contributed by atoms with Crippen molar-refractivity contribution in [3.63, 3.8) is 0 Å². The quantitative estimate of drug-likeness (QED) is 0.632. The highest BCUT2D eigenvalue weighted by atomic mass is 16.7. The SMILES string of the molecule is COC(=O)Oc1ccc(C(OC(=O)OC)c2ccccc2)cc1. The van der Waals surface area contributed by atoms with E-state index in [1.54, 1.807) is 24.3 Å². The van der Waals surface area contributed by atoms with Gasteiger partial charge in [-0.3, -0.25) is 0 Å². The molecule has 2 rings (SSSR count). The smallest absolute Gasteiger partial charge is 0.438 e. The summed E-state index contributed by atoms with van der Waals surface area (Å²) in [5, 5.41) is 0. The maximum atomic E-state index is 11.5. The molecule has 0 aliphatic heterocycles. The Morgan fingerprint density at radius 1 is 0.783 bits per heavy atom. The van der Waals surface area contributed by atoms with E-state index < -0.39 is 18.4 Å². The van der Waals surface area contributed by atoms with Crippen molar-refractivity contribution in [3.8, 4) is 5.75 Å². The lowest BCUT2D eigenvalue weighted by Gasteiger charge is -2.18. The Bertz CT molecular complexity index is 651. The molecular weight excluding hydrogens is 300 g/mol. The van der Waals surface area contributed by atoms with Crippen molar-refractivity contribution >= 4 is 12.3 Å². The standard InChI is InChI=1S/C17H16O6/c1-20-16(18)22-14-10-8-13(9-11-14)15(23-17(19)21-2)12-6-4-3-5-7-12/h3-11,15H,1-2H3. The van der Waals surface area contributed by atoms with Crippen LogP contribution in [-0.4, -0.2) is 26.5 Å². The van der Waals surface area contributed by atoms with Gasteiger partial charge in [0.05, 0.1) is 14.2 Å². The first-order chi connectivity index (χ1) is 11.1. The third kappa shape index (κ3) is 4.47. The largest absolute Gasteiger partial charge is 0.513 e. The summed E-state index contributed by atoms with van der Waals surface area (Å²) in [7, 11) is 2.48. The highest BCUT2D eigenvalue weighted by Gasteiger charge is 2.19. The maximum Gasteiger partial charge on any atom is 0.513 e. The molecule has 0 N–H and O–H groups in total. The molecule has 0 radical (unpaired) electrons. The maximum absolute atomic E-state index is 11.5. The Kier molecular flexibility index (Phi) is 5.57. The molecule has 1 unspecified atom stereocenters. The second kappa shape index (κ2) is 7.84. The van der Waals surface area contributed by atoms with Crippen molar-refractivity contribution in [3.05, 3.63) is 65.7 Å². The lowest BCUT2D eigenvalue weighted by atomic mass is 10.0. The summed E-state index contributed by atoms with van der Waals surface area (Å²) in [6, 6.07) is 15.8. The third-order valence-corrected chi connectivity index (χ3v) is 3.03.